The Labute approximate surface area is 151 Å². The Bertz CT molecular complexity index is 972. The number of hydrogen-bond donors (Lipinski definition) is 0. The second-order valence-electron chi connectivity index (χ2n) is 6.08. The standard InChI is InChI=1S/C21H19N3O2/c1-16-22-11-12-24(16)14-20-13-21(23-26-20)18-7-9-19(10-8-18)25-15-17-5-3-2-4-6-17/h2-13H,14-15H2,1H3. The summed E-state index contributed by atoms with van der Waals surface area (Å²) in [5.74, 6) is 2.57. The SMILES string of the molecule is Cc1nccn1Cc1cc(-c2ccc(OCc3ccccc3)cc2)no1. The van der Waals surface area contributed by atoms with Gasteiger partial charge in [-0.25, -0.2) is 4.98 Å². The van der Waals surface area contributed by atoms with E-state index in [9.17, 15) is 0 Å². The third-order valence-electron chi connectivity index (χ3n) is 4.21. The zero-order chi connectivity index (χ0) is 17.8. The zero-order valence-corrected chi connectivity index (χ0v) is 14.5. The molecule has 0 spiro atoms. The Kier molecular flexibility index (Phi) is 4.51. The number of aromatic nitrogens is 3. The van der Waals surface area contributed by atoms with E-state index in [1.54, 1.807) is 6.20 Å². The van der Waals surface area contributed by atoms with Crippen molar-refractivity contribution in [3.8, 4) is 17.0 Å². The quantitative estimate of drug-likeness (QED) is 0.517. The summed E-state index contributed by atoms with van der Waals surface area (Å²) < 4.78 is 13.3. The maximum absolute atomic E-state index is 5.82. The summed E-state index contributed by atoms with van der Waals surface area (Å²) in [4.78, 5) is 4.21. The van der Waals surface area contributed by atoms with Gasteiger partial charge in [0.1, 0.15) is 23.9 Å². The van der Waals surface area contributed by atoms with Gasteiger partial charge in [0.2, 0.25) is 0 Å². The minimum atomic E-state index is 0.554. The Morgan fingerprint density at radius 2 is 1.85 bits per heavy atom. The van der Waals surface area contributed by atoms with Gasteiger partial charge in [0, 0.05) is 24.0 Å². The van der Waals surface area contributed by atoms with E-state index in [4.69, 9.17) is 9.26 Å². The van der Waals surface area contributed by atoms with Crippen LogP contribution in [0.4, 0.5) is 0 Å². The van der Waals surface area contributed by atoms with Gasteiger partial charge in [-0.2, -0.15) is 0 Å². The van der Waals surface area contributed by atoms with Crippen LogP contribution in [0.25, 0.3) is 11.3 Å². The highest BCUT2D eigenvalue weighted by Crippen LogP contribution is 2.23. The molecule has 0 aliphatic heterocycles. The van der Waals surface area contributed by atoms with Gasteiger partial charge in [0.25, 0.3) is 0 Å². The average molecular weight is 345 g/mol. The van der Waals surface area contributed by atoms with Gasteiger partial charge in [-0.1, -0.05) is 35.5 Å². The lowest BCUT2D eigenvalue weighted by Gasteiger charge is -2.06. The summed E-state index contributed by atoms with van der Waals surface area (Å²) in [5.41, 5.74) is 2.95. The van der Waals surface area contributed by atoms with Crippen LogP contribution in [-0.4, -0.2) is 14.7 Å². The lowest BCUT2D eigenvalue weighted by atomic mass is 10.1. The van der Waals surface area contributed by atoms with Gasteiger partial charge in [0.05, 0.1) is 6.54 Å². The van der Waals surface area contributed by atoms with E-state index in [0.717, 1.165) is 34.2 Å². The molecule has 0 saturated carbocycles. The summed E-state index contributed by atoms with van der Waals surface area (Å²) in [5, 5.41) is 4.17. The van der Waals surface area contributed by atoms with E-state index in [-0.39, 0.29) is 0 Å². The Hall–Kier alpha value is -3.34. The van der Waals surface area contributed by atoms with Crippen LogP contribution in [0, 0.1) is 6.92 Å². The average Bonchev–Trinajstić information content (AvgIpc) is 3.31. The zero-order valence-electron chi connectivity index (χ0n) is 14.5. The fraction of sp³-hybridized carbons (Fsp3) is 0.143. The first-order chi connectivity index (χ1) is 12.8. The van der Waals surface area contributed by atoms with Crippen LogP contribution in [0.2, 0.25) is 0 Å². The number of hydrogen-bond acceptors (Lipinski definition) is 4. The van der Waals surface area contributed by atoms with Crippen molar-refractivity contribution in [1.82, 2.24) is 14.7 Å². The molecule has 5 nitrogen and oxygen atoms in total. The number of nitrogens with zero attached hydrogens (tertiary/aromatic N) is 3. The molecule has 2 aromatic heterocycles. The van der Waals surface area contributed by atoms with E-state index in [1.165, 1.54) is 0 Å². The summed E-state index contributed by atoms with van der Waals surface area (Å²) in [6.45, 7) is 3.14. The first-order valence-electron chi connectivity index (χ1n) is 8.48. The number of benzene rings is 2. The highest BCUT2D eigenvalue weighted by Gasteiger charge is 2.08. The molecule has 26 heavy (non-hydrogen) atoms. The highest BCUT2D eigenvalue weighted by molar-refractivity contribution is 5.59. The first-order valence-corrected chi connectivity index (χ1v) is 8.48. The maximum Gasteiger partial charge on any atom is 0.157 e. The monoisotopic (exact) mass is 345 g/mol. The molecule has 130 valence electrons. The van der Waals surface area contributed by atoms with E-state index < -0.39 is 0 Å². The van der Waals surface area contributed by atoms with Gasteiger partial charge >= 0.3 is 0 Å². The van der Waals surface area contributed by atoms with E-state index in [1.807, 2.05) is 78.4 Å². The molecule has 0 unspecified atom stereocenters. The fourth-order valence-electron chi connectivity index (χ4n) is 2.73. The van der Waals surface area contributed by atoms with Crippen molar-refractivity contribution in [2.24, 2.45) is 0 Å². The van der Waals surface area contributed by atoms with Crippen molar-refractivity contribution in [2.75, 3.05) is 0 Å². The van der Waals surface area contributed by atoms with E-state index in [0.29, 0.717) is 13.2 Å². The van der Waals surface area contributed by atoms with Crippen LogP contribution in [-0.2, 0) is 13.2 Å². The Balaban J connectivity index is 1.41. The van der Waals surface area contributed by atoms with Crippen molar-refractivity contribution in [3.63, 3.8) is 0 Å². The molecule has 0 aliphatic carbocycles. The van der Waals surface area contributed by atoms with Gasteiger partial charge in [-0.05, 0) is 36.8 Å². The Morgan fingerprint density at radius 3 is 2.58 bits per heavy atom. The molecule has 0 N–H and O–H groups in total. The van der Waals surface area contributed by atoms with Crippen LogP contribution in [0.5, 0.6) is 5.75 Å². The van der Waals surface area contributed by atoms with Crippen molar-refractivity contribution in [2.45, 2.75) is 20.1 Å². The molecular formula is C21H19N3O2. The minimum absolute atomic E-state index is 0.554. The van der Waals surface area contributed by atoms with Crippen molar-refractivity contribution in [3.05, 3.63) is 90.2 Å². The second-order valence-corrected chi connectivity index (χ2v) is 6.08. The summed E-state index contributed by atoms with van der Waals surface area (Å²) >= 11 is 0. The van der Waals surface area contributed by atoms with Crippen LogP contribution < -0.4 is 4.74 Å². The Morgan fingerprint density at radius 1 is 1.04 bits per heavy atom. The van der Waals surface area contributed by atoms with E-state index in [2.05, 4.69) is 10.1 Å². The lowest BCUT2D eigenvalue weighted by molar-refractivity contribution is 0.306. The van der Waals surface area contributed by atoms with Gasteiger partial charge in [0.15, 0.2) is 5.76 Å². The lowest BCUT2D eigenvalue weighted by Crippen LogP contribution is -1.99. The number of ether oxygens (including phenoxy) is 1. The van der Waals surface area contributed by atoms with Crippen LogP contribution in [0.15, 0.2) is 77.6 Å². The molecule has 0 saturated heterocycles. The molecular weight excluding hydrogens is 326 g/mol. The molecule has 0 atom stereocenters. The fourth-order valence-corrected chi connectivity index (χ4v) is 2.73. The van der Waals surface area contributed by atoms with E-state index >= 15 is 0 Å². The number of aryl methyl sites for hydroxylation is 1. The van der Waals surface area contributed by atoms with Gasteiger partial charge < -0.3 is 13.8 Å². The summed E-state index contributed by atoms with van der Waals surface area (Å²) in [6.07, 6.45) is 3.71. The molecule has 2 heterocycles. The predicted molar refractivity (Wildman–Crippen MR) is 98.8 cm³/mol. The third kappa shape index (κ3) is 3.67. The maximum atomic E-state index is 5.82. The highest BCUT2D eigenvalue weighted by atomic mass is 16.5. The predicted octanol–water partition coefficient (Wildman–Crippen LogP) is 4.47. The van der Waals surface area contributed by atoms with Gasteiger partial charge in [-0.15, -0.1) is 0 Å². The molecule has 5 heteroatoms. The molecule has 0 bridgehead atoms. The van der Waals surface area contributed by atoms with Crippen LogP contribution in [0.1, 0.15) is 17.1 Å². The molecule has 0 amide bonds. The largest absolute Gasteiger partial charge is 0.489 e. The minimum Gasteiger partial charge on any atom is -0.489 e. The smallest absolute Gasteiger partial charge is 0.157 e. The molecule has 4 aromatic rings. The second kappa shape index (κ2) is 7.27. The molecule has 0 radical (unpaired) electrons. The number of rotatable bonds is 6. The van der Waals surface area contributed by atoms with Crippen molar-refractivity contribution < 1.29 is 9.26 Å². The molecule has 4 rings (SSSR count). The molecule has 0 aliphatic rings. The van der Waals surface area contributed by atoms with Crippen molar-refractivity contribution in [1.29, 1.82) is 0 Å². The third-order valence-corrected chi connectivity index (χ3v) is 4.21. The molecule has 0 fully saturated rings. The normalized spacial score (nSPS) is 10.8. The van der Waals surface area contributed by atoms with Crippen LogP contribution in [0.3, 0.4) is 0 Å². The summed E-state index contributed by atoms with van der Waals surface area (Å²) in [6, 6.07) is 20.0. The van der Waals surface area contributed by atoms with Crippen LogP contribution >= 0.6 is 0 Å². The topological polar surface area (TPSA) is 53.1 Å². The summed E-state index contributed by atoms with van der Waals surface area (Å²) in [7, 11) is 0. The first kappa shape index (κ1) is 16.1. The van der Waals surface area contributed by atoms with Gasteiger partial charge in [-0.3, -0.25) is 0 Å². The van der Waals surface area contributed by atoms with Crippen molar-refractivity contribution >= 4 is 0 Å². The number of imidazole rings is 1. The molecule has 2 aromatic carbocycles.